The van der Waals surface area contributed by atoms with E-state index in [0.29, 0.717) is 17.2 Å². The summed E-state index contributed by atoms with van der Waals surface area (Å²) in [6, 6.07) is 4.83. The van der Waals surface area contributed by atoms with Crippen molar-refractivity contribution in [2.45, 2.75) is 26.7 Å². The van der Waals surface area contributed by atoms with Gasteiger partial charge in [0.25, 0.3) is 0 Å². The van der Waals surface area contributed by atoms with E-state index in [0.717, 1.165) is 29.6 Å². The Hall–Kier alpha value is -1.20. The SMILES string of the molecule is CCCNc1nc(-c2cccc(Cl)c2F)nc(CC)c1Br. The van der Waals surface area contributed by atoms with E-state index in [9.17, 15) is 4.39 Å². The molecule has 0 bridgehead atoms. The first kappa shape index (κ1) is 16.2. The van der Waals surface area contributed by atoms with Crippen LogP contribution < -0.4 is 5.32 Å². The largest absolute Gasteiger partial charge is 0.369 e. The number of nitrogens with zero attached hydrogens (tertiary/aromatic N) is 2. The van der Waals surface area contributed by atoms with E-state index in [2.05, 4.69) is 38.1 Å². The summed E-state index contributed by atoms with van der Waals surface area (Å²) in [4.78, 5) is 8.86. The molecule has 1 heterocycles. The number of benzene rings is 1. The molecule has 1 aromatic carbocycles. The minimum Gasteiger partial charge on any atom is -0.369 e. The smallest absolute Gasteiger partial charge is 0.164 e. The van der Waals surface area contributed by atoms with Crippen LogP contribution in [-0.2, 0) is 6.42 Å². The molecule has 1 aromatic heterocycles. The minimum atomic E-state index is -0.495. The Labute approximate surface area is 137 Å². The van der Waals surface area contributed by atoms with Gasteiger partial charge in [-0.2, -0.15) is 0 Å². The first-order valence-corrected chi connectivity index (χ1v) is 8.00. The van der Waals surface area contributed by atoms with Crippen LogP contribution >= 0.6 is 27.5 Å². The minimum absolute atomic E-state index is 0.0696. The molecule has 2 aromatic rings. The van der Waals surface area contributed by atoms with Crippen LogP contribution in [0.2, 0.25) is 5.02 Å². The number of rotatable bonds is 5. The van der Waals surface area contributed by atoms with Gasteiger partial charge in [-0.25, -0.2) is 14.4 Å². The fraction of sp³-hybridized carbons (Fsp3) is 0.333. The Morgan fingerprint density at radius 1 is 1.29 bits per heavy atom. The van der Waals surface area contributed by atoms with E-state index in [4.69, 9.17) is 11.6 Å². The quantitative estimate of drug-likeness (QED) is 0.795. The monoisotopic (exact) mass is 371 g/mol. The fourth-order valence-electron chi connectivity index (χ4n) is 1.89. The third-order valence-corrected chi connectivity index (χ3v) is 4.11. The van der Waals surface area contributed by atoms with Gasteiger partial charge in [0.2, 0.25) is 0 Å². The molecule has 0 amide bonds. The molecule has 0 aliphatic rings. The average Bonchev–Trinajstić information content (AvgIpc) is 2.49. The van der Waals surface area contributed by atoms with Crippen molar-refractivity contribution in [3.63, 3.8) is 0 Å². The highest BCUT2D eigenvalue weighted by Gasteiger charge is 2.16. The molecule has 0 spiro atoms. The van der Waals surface area contributed by atoms with Gasteiger partial charge < -0.3 is 5.32 Å². The third-order valence-electron chi connectivity index (χ3n) is 2.99. The van der Waals surface area contributed by atoms with Gasteiger partial charge >= 0.3 is 0 Å². The molecule has 0 aliphatic heterocycles. The van der Waals surface area contributed by atoms with Crippen molar-refractivity contribution < 1.29 is 4.39 Å². The van der Waals surface area contributed by atoms with Crippen molar-refractivity contribution >= 4 is 33.3 Å². The van der Waals surface area contributed by atoms with Gasteiger partial charge in [0.05, 0.1) is 20.8 Å². The number of anilines is 1. The molecule has 1 N–H and O–H groups in total. The molecule has 0 unspecified atom stereocenters. The van der Waals surface area contributed by atoms with Crippen LogP contribution in [0.4, 0.5) is 10.2 Å². The Balaban J connectivity index is 2.55. The Bertz CT molecular complexity index is 649. The normalized spacial score (nSPS) is 10.7. The van der Waals surface area contributed by atoms with E-state index in [1.54, 1.807) is 12.1 Å². The van der Waals surface area contributed by atoms with Gasteiger partial charge in [-0.1, -0.05) is 31.5 Å². The standard InChI is InChI=1S/C15H16BrClFN3/c1-3-8-19-15-12(16)11(4-2)20-14(21-15)9-6-5-7-10(17)13(9)18/h5-7H,3-4,8H2,1-2H3,(H,19,20,21). The molecule has 112 valence electrons. The Morgan fingerprint density at radius 3 is 2.71 bits per heavy atom. The second-order valence-corrected chi connectivity index (χ2v) is 5.74. The van der Waals surface area contributed by atoms with Gasteiger partial charge in [-0.3, -0.25) is 0 Å². The average molecular weight is 373 g/mol. The van der Waals surface area contributed by atoms with E-state index in [1.807, 2.05) is 6.92 Å². The molecule has 0 saturated heterocycles. The van der Waals surface area contributed by atoms with Crippen LogP contribution in [0.25, 0.3) is 11.4 Å². The van der Waals surface area contributed by atoms with Crippen molar-refractivity contribution in [2.75, 3.05) is 11.9 Å². The lowest BCUT2D eigenvalue weighted by molar-refractivity contribution is 0.630. The highest BCUT2D eigenvalue weighted by Crippen LogP contribution is 2.30. The molecule has 0 fully saturated rings. The van der Waals surface area contributed by atoms with Crippen molar-refractivity contribution in [1.82, 2.24) is 9.97 Å². The van der Waals surface area contributed by atoms with Crippen LogP contribution in [0.5, 0.6) is 0 Å². The van der Waals surface area contributed by atoms with Crippen LogP contribution in [0.15, 0.2) is 22.7 Å². The highest BCUT2D eigenvalue weighted by atomic mass is 79.9. The first-order valence-electron chi connectivity index (χ1n) is 6.83. The summed E-state index contributed by atoms with van der Waals surface area (Å²) in [5.41, 5.74) is 1.14. The Kier molecular flexibility index (Phi) is 5.53. The fourth-order valence-corrected chi connectivity index (χ4v) is 2.66. The van der Waals surface area contributed by atoms with Crippen LogP contribution in [-0.4, -0.2) is 16.5 Å². The first-order chi connectivity index (χ1) is 10.1. The topological polar surface area (TPSA) is 37.8 Å². The summed E-state index contributed by atoms with van der Waals surface area (Å²) in [5, 5.41) is 3.30. The van der Waals surface area contributed by atoms with E-state index in [-0.39, 0.29) is 5.02 Å². The molecule has 2 rings (SSSR count). The third kappa shape index (κ3) is 3.52. The zero-order valence-corrected chi connectivity index (χ0v) is 14.2. The maximum atomic E-state index is 14.2. The Morgan fingerprint density at radius 2 is 2.05 bits per heavy atom. The molecule has 0 aliphatic carbocycles. The summed E-state index contributed by atoms with van der Waals surface area (Å²) < 4.78 is 15.0. The highest BCUT2D eigenvalue weighted by molar-refractivity contribution is 9.10. The maximum absolute atomic E-state index is 14.2. The lowest BCUT2D eigenvalue weighted by atomic mass is 10.2. The van der Waals surface area contributed by atoms with E-state index < -0.39 is 5.82 Å². The van der Waals surface area contributed by atoms with Gasteiger partial charge in [-0.15, -0.1) is 0 Å². The number of nitrogens with one attached hydrogen (secondary N) is 1. The molecule has 3 nitrogen and oxygen atoms in total. The lowest BCUT2D eigenvalue weighted by Crippen LogP contribution is -2.07. The summed E-state index contributed by atoms with van der Waals surface area (Å²) in [7, 11) is 0. The predicted molar refractivity (Wildman–Crippen MR) is 88.3 cm³/mol. The molecule has 0 radical (unpaired) electrons. The molecule has 21 heavy (non-hydrogen) atoms. The van der Waals surface area contributed by atoms with Crippen molar-refractivity contribution in [3.05, 3.63) is 39.2 Å². The molecule has 6 heteroatoms. The molecular weight excluding hydrogens is 357 g/mol. The van der Waals surface area contributed by atoms with Crippen molar-refractivity contribution in [1.29, 1.82) is 0 Å². The molecule has 0 atom stereocenters. The number of aromatic nitrogens is 2. The second kappa shape index (κ2) is 7.18. The summed E-state index contributed by atoms with van der Waals surface area (Å²) in [6.07, 6.45) is 1.69. The van der Waals surface area contributed by atoms with Crippen molar-refractivity contribution in [3.8, 4) is 11.4 Å². The van der Waals surface area contributed by atoms with Gasteiger partial charge in [0.1, 0.15) is 5.82 Å². The second-order valence-electron chi connectivity index (χ2n) is 4.54. The van der Waals surface area contributed by atoms with E-state index in [1.165, 1.54) is 6.07 Å². The lowest BCUT2D eigenvalue weighted by Gasteiger charge is -2.12. The van der Waals surface area contributed by atoms with Crippen LogP contribution in [0.3, 0.4) is 0 Å². The number of hydrogen-bond acceptors (Lipinski definition) is 3. The summed E-state index contributed by atoms with van der Waals surface area (Å²) in [6.45, 7) is 4.85. The van der Waals surface area contributed by atoms with Gasteiger partial charge in [-0.05, 0) is 40.9 Å². The van der Waals surface area contributed by atoms with Gasteiger partial charge in [0.15, 0.2) is 11.6 Å². The van der Waals surface area contributed by atoms with Crippen LogP contribution in [0.1, 0.15) is 26.0 Å². The molecular formula is C15H16BrClFN3. The maximum Gasteiger partial charge on any atom is 0.164 e. The number of hydrogen-bond donors (Lipinski definition) is 1. The van der Waals surface area contributed by atoms with Crippen molar-refractivity contribution in [2.24, 2.45) is 0 Å². The summed E-state index contributed by atoms with van der Waals surface area (Å²) >= 11 is 9.34. The zero-order valence-electron chi connectivity index (χ0n) is 11.9. The number of aryl methyl sites for hydroxylation is 1. The number of halogens is 3. The van der Waals surface area contributed by atoms with Gasteiger partial charge in [0, 0.05) is 6.54 Å². The molecule has 0 saturated carbocycles. The van der Waals surface area contributed by atoms with Crippen LogP contribution in [0, 0.1) is 5.82 Å². The predicted octanol–water partition coefficient (Wildman–Crippen LogP) is 5.08. The zero-order chi connectivity index (χ0) is 15.4. The van der Waals surface area contributed by atoms with E-state index >= 15 is 0 Å². The summed E-state index contributed by atoms with van der Waals surface area (Å²) in [5.74, 6) is 0.525.